The Bertz CT molecular complexity index is 806. The standard InChI is InChI=1S/C18H24N4O4S/c1-3-9-19-17(25)21-15(23)11-26-16(24)12-27-18-20-13-7-5-6-8-14(13)22(18)10-4-2/h5-8H,3-4,9-12H2,1-2H3,(H2,19,21,23,25). The molecule has 0 aliphatic carbocycles. The number of thioether (sulfide) groups is 1. The van der Waals surface area contributed by atoms with Gasteiger partial charge in [0.15, 0.2) is 11.8 Å². The van der Waals surface area contributed by atoms with Crippen molar-refractivity contribution in [3.63, 3.8) is 0 Å². The van der Waals surface area contributed by atoms with Crippen LogP contribution in [0, 0.1) is 0 Å². The van der Waals surface area contributed by atoms with E-state index in [1.54, 1.807) is 0 Å². The molecule has 3 amide bonds. The van der Waals surface area contributed by atoms with E-state index in [9.17, 15) is 14.4 Å². The summed E-state index contributed by atoms with van der Waals surface area (Å²) in [5.74, 6) is -1.18. The second-order valence-electron chi connectivity index (χ2n) is 5.79. The molecule has 0 fully saturated rings. The normalized spacial score (nSPS) is 10.6. The molecule has 1 heterocycles. The van der Waals surface area contributed by atoms with Gasteiger partial charge in [0.1, 0.15) is 0 Å². The van der Waals surface area contributed by atoms with Crippen molar-refractivity contribution in [3.05, 3.63) is 24.3 Å². The number of nitrogens with one attached hydrogen (secondary N) is 2. The van der Waals surface area contributed by atoms with E-state index in [1.807, 2.05) is 31.2 Å². The average Bonchev–Trinajstić information content (AvgIpc) is 3.01. The molecule has 0 unspecified atom stereocenters. The summed E-state index contributed by atoms with van der Waals surface area (Å²) >= 11 is 1.26. The number of fused-ring (bicyclic) bond motifs is 1. The number of imide groups is 1. The zero-order valence-electron chi connectivity index (χ0n) is 15.5. The van der Waals surface area contributed by atoms with E-state index in [1.165, 1.54) is 11.8 Å². The maximum Gasteiger partial charge on any atom is 0.321 e. The van der Waals surface area contributed by atoms with Gasteiger partial charge in [0.25, 0.3) is 5.91 Å². The van der Waals surface area contributed by atoms with Crippen LogP contribution < -0.4 is 10.6 Å². The maximum absolute atomic E-state index is 11.9. The number of aromatic nitrogens is 2. The van der Waals surface area contributed by atoms with E-state index in [0.717, 1.165) is 35.6 Å². The van der Waals surface area contributed by atoms with E-state index in [4.69, 9.17) is 4.74 Å². The van der Waals surface area contributed by atoms with Crippen molar-refractivity contribution in [1.29, 1.82) is 0 Å². The van der Waals surface area contributed by atoms with Crippen molar-refractivity contribution in [2.24, 2.45) is 0 Å². The summed E-state index contributed by atoms with van der Waals surface area (Å²) in [5, 5.41) is 5.33. The molecule has 2 aromatic rings. The summed E-state index contributed by atoms with van der Waals surface area (Å²) in [6.07, 6.45) is 1.70. The molecule has 0 bridgehead atoms. The first-order valence-electron chi connectivity index (χ1n) is 8.86. The zero-order chi connectivity index (χ0) is 19.6. The van der Waals surface area contributed by atoms with Gasteiger partial charge in [-0.1, -0.05) is 37.7 Å². The largest absolute Gasteiger partial charge is 0.455 e. The van der Waals surface area contributed by atoms with Crippen LogP contribution in [0.3, 0.4) is 0 Å². The highest BCUT2D eigenvalue weighted by Crippen LogP contribution is 2.24. The maximum atomic E-state index is 11.9. The van der Waals surface area contributed by atoms with Crippen molar-refractivity contribution in [2.45, 2.75) is 38.4 Å². The highest BCUT2D eigenvalue weighted by molar-refractivity contribution is 7.99. The highest BCUT2D eigenvalue weighted by Gasteiger charge is 2.14. The number of hydrogen-bond donors (Lipinski definition) is 2. The predicted molar refractivity (Wildman–Crippen MR) is 104 cm³/mol. The number of amides is 3. The number of imidazole rings is 1. The molecule has 0 spiro atoms. The summed E-state index contributed by atoms with van der Waals surface area (Å²) in [7, 11) is 0. The Morgan fingerprint density at radius 1 is 1.19 bits per heavy atom. The molecule has 0 radical (unpaired) electrons. The second kappa shape index (κ2) is 10.6. The first-order valence-corrected chi connectivity index (χ1v) is 9.85. The quantitative estimate of drug-likeness (QED) is 0.502. The van der Waals surface area contributed by atoms with E-state index in [0.29, 0.717) is 6.54 Å². The first-order chi connectivity index (χ1) is 13.0. The van der Waals surface area contributed by atoms with E-state index in [2.05, 4.69) is 27.1 Å². The van der Waals surface area contributed by atoms with Crippen LogP contribution in [0.1, 0.15) is 26.7 Å². The van der Waals surface area contributed by atoms with Crippen LogP contribution in [0.2, 0.25) is 0 Å². The molecule has 1 aromatic heterocycles. The van der Waals surface area contributed by atoms with Crippen molar-refractivity contribution in [1.82, 2.24) is 20.2 Å². The number of nitrogens with zero attached hydrogens (tertiary/aromatic N) is 2. The fourth-order valence-electron chi connectivity index (χ4n) is 2.36. The third-order valence-electron chi connectivity index (χ3n) is 3.54. The lowest BCUT2D eigenvalue weighted by Crippen LogP contribution is -2.41. The topological polar surface area (TPSA) is 102 Å². The molecule has 8 nitrogen and oxygen atoms in total. The molecule has 2 N–H and O–H groups in total. The summed E-state index contributed by atoms with van der Waals surface area (Å²) in [6, 6.07) is 7.20. The molecule has 2 rings (SSSR count). The summed E-state index contributed by atoms with van der Waals surface area (Å²) in [6.45, 7) is 4.74. The molecule has 1 aromatic carbocycles. The molecular weight excluding hydrogens is 368 g/mol. The number of aryl methyl sites for hydroxylation is 1. The molecule has 0 aliphatic heterocycles. The van der Waals surface area contributed by atoms with Crippen LogP contribution >= 0.6 is 11.8 Å². The number of carbonyl (C=O) groups excluding carboxylic acids is 3. The Morgan fingerprint density at radius 2 is 1.96 bits per heavy atom. The number of carbonyl (C=O) groups is 3. The second-order valence-corrected chi connectivity index (χ2v) is 6.73. The lowest BCUT2D eigenvalue weighted by atomic mass is 10.3. The first kappa shape index (κ1) is 20.8. The van der Waals surface area contributed by atoms with Crippen molar-refractivity contribution in [2.75, 3.05) is 18.9 Å². The monoisotopic (exact) mass is 392 g/mol. The van der Waals surface area contributed by atoms with Gasteiger partial charge in [-0.3, -0.25) is 14.9 Å². The Hall–Kier alpha value is -2.55. The lowest BCUT2D eigenvalue weighted by Gasteiger charge is -2.08. The van der Waals surface area contributed by atoms with Gasteiger partial charge in [0.2, 0.25) is 0 Å². The van der Waals surface area contributed by atoms with Gasteiger partial charge in [-0.05, 0) is 25.0 Å². The number of hydrogen-bond acceptors (Lipinski definition) is 6. The molecule has 0 atom stereocenters. The van der Waals surface area contributed by atoms with Gasteiger partial charge in [-0.2, -0.15) is 0 Å². The molecule has 146 valence electrons. The fourth-order valence-corrected chi connectivity index (χ4v) is 3.20. The summed E-state index contributed by atoms with van der Waals surface area (Å²) < 4.78 is 6.98. The smallest absolute Gasteiger partial charge is 0.321 e. The van der Waals surface area contributed by atoms with Crippen molar-refractivity contribution < 1.29 is 19.1 Å². The zero-order valence-corrected chi connectivity index (χ0v) is 16.3. The van der Waals surface area contributed by atoms with Crippen LogP contribution in [0.4, 0.5) is 4.79 Å². The van der Waals surface area contributed by atoms with Gasteiger partial charge in [-0.25, -0.2) is 9.78 Å². The van der Waals surface area contributed by atoms with Crippen molar-refractivity contribution >= 4 is 40.7 Å². The highest BCUT2D eigenvalue weighted by atomic mass is 32.2. The average molecular weight is 392 g/mol. The molecule has 27 heavy (non-hydrogen) atoms. The summed E-state index contributed by atoms with van der Waals surface area (Å²) in [5.41, 5.74) is 1.90. The number of ether oxygens (including phenoxy) is 1. The minimum Gasteiger partial charge on any atom is -0.455 e. The van der Waals surface area contributed by atoms with E-state index < -0.39 is 24.5 Å². The Morgan fingerprint density at radius 3 is 2.70 bits per heavy atom. The molecule has 0 aliphatic rings. The SMILES string of the molecule is CCCNC(=O)NC(=O)COC(=O)CSc1nc2ccccc2n1CCC. The summed E-state index contributed by atoms with van der Waals surface area (Å²) in [4.78, 5) is 39.4. The van der Waals surface area contributed by atoms with Gasteiger partial charge < -0.3 is 14.6 Å². The minimum absolute atomic E-state index is 0.0301. The molecular formula is C18H24N4O4S. The third kappa shape index (κ3) is 6.28. The van der Waals surface area contributed by atoms with Gasteiger partial charge in [0, 0.05) is 13.1 Å². The Kier molecular flexibility index (Phi) is 8.12. The third-order valence-corrected chi connectivity index (χ3v) is 4.49. The van der Waals surface area contributed by atoms with Crippen LogP contribution in [0.15, 0.2) is 29.4 Å². The predicted octanol–water partition coefficient (Wildman–Crippen LogP) is 2.32. The molecule has 0 saturated heterocycles. The van der Waals surface area contributed by atoms with Crippen LogP contribution in [-0.4, -0.2) is 46.4 Å². The molecule has 0 saturated carbocycles. The number of esters is 1. The minimum atomic E-state index is -0.667. The number of rotatable bonds is 9. The number of urea groups is 1. The van der Waals surface area contributed by atoms with Crippen LogP contribution in [0.25, 0.3) is 11.0 Å². The Labute approximate surface area is 162 Å². The van der Waals surface area contributed by atoms with E-state index in [-0.39, 0.29) is 5.75 Å². The number of benzene rings is 1. The molecule has 9 heteroatoms. The van der Waals surface area contributed by atoms with E-state index >= 15 is 0 Å². The van der Waals surface area contributed by atoms with Gasteiger partial charge >= 0.3 is 12.0 Å². The van der Waals surface area contributed by atoms with Crippen LogP contribution in [0.5, 0.6) is 0 Å². The van der Waals surface area contributed by atoms with Gasteiger partial charge in [-0.15, -0.1) is 0 Å². The fraction of sp³-hybridized carbons (Fsp3) is 0.444. The van der Waals surface area contributed by atoms with Gasteiger partial charge in [0.05, 0.1) is 16.8 Å². The van der Waals surface area contributed by atoms with Crippen LogP contribution in [-0.2, 0) is 20.9 Å². The Balaban J connectivity index is 1.83. The lowest BCUT2D eigenvalue weighted by molar-refractivity contribution is -0.145. The van der Waals surface area contributed by atoms with Crippen molar-refractivity contribution in [3.8, 4) is 0 Å². The number of para-hydroxylation sites is 2.